The molecule has 0 amide bonds. The Labute approximate surface area is 210 Å². The smallest absolute Gasteiger partial charge is 0.262 e. The van der Waals surface area contributed by atoms with Gasteiger partial charge in [0.05, 0.1) is 17.1 Å². The second-order valence-corrected chi connectivity index (χ2v) is 8.99. The van der Waals surface area contributed by atoms with Crippen LogP contribution in [0.5, 0.6) is 5.75 Å². The van der Waals surface area contributed by atoms with Crippen molar-refractivity contribution in [2.24, 2.45) is 0 Å². The summed E-state index contributed by atoms with van der Waals surface area (Å²) in [6.07, 6.45) is 7.09. The Morgan fingerprint density at radius 1 is 1.05 bits per heavy atom. The number of nitrogens with zero attached hydrogens (tertiary/aromatic N) is 5. The zero-order valence-electron chi connectivity index (χ0n) is 20.0. The Hall–Kier alpha value is -4.79. The van der Waals surface area contributed by atoms with Gasteiger partial charge in [0.2, 0.25) is 0 Å². The minimum atomic E-state index is -0.775. The van der Waals surface area contributed by atoms with Crippen molar-refractivity contribution in [3.8, 4) is 22.7 Å². The molecule has 0 spiro atoms. The number of aromatic hydroxyl groups is 1. The summed E-state index contributed by atoms with van der Waals surface area (Å²) in [5.74, 6) is -1.04. The first kappa shape index (κ1) is 22.7. The van der Waals surface area contributed by atoms with E-state index >= 15 is 0 Å². The molecule has 0 saturated heterocycles. The second-order valence-electron chi connectivity index (χ2n) is 8.99. The van der Waals surface area contributed by atoms with Crippen LogP contribution >= 0.6 is 0 Å². The number of pyridine rings is 1. The summed E-state index contributed by atoms with van der Waals surface area (Å²) in [7, 11) is 0. The topological polar surface area (TPSA) is 112 Å². The molecule has 2 aromatic carbocycles. The average Bonchev–Trinajstić information content (AvgIpc) is 3.31. The summed E-state index contributed by atoms with van der Waals surface area (Å²) in [5, 5.41) is 16.5. The van der Waals surface area contributed by atoms with Crippen LogP contribution in [0.15, 0.2) is 65.7 Å². The number of hydrogen-bond donors (Lipinski definition) is 2. The minimum Gasteiger partial charge on any atom is -0.505 e. The molecule has 0 saturated carbocycles. The third-order valence-electron chi connectivity index (χ3n) is 6.73. The number of anilines is 1. The van der Waals surface area contributed by atoms with Crippen LogP contribution in [-0.4, -0.2) is 29.4 Å². The second kappa shape index (κ2) is 8.70. The molecule has 0 radical (unpaired) electrons. The zero-order valence-corrected chi connectivity index (χ0v) is 20.0. The van der Waals surface area contributed by atoms with Crippen molar-refractivity contribution in [2.45, 2.75) is 25.8 Å². The number of nitrogen functional groups attached to an aromatic ring is 1. The molecule has 1 atom stereocenters. The molecule has 5 aromatic rings. The number of para-hydroxylation sites is 1. The van der Waals surface area contributed by atoms with E-state index in [2.05, 4.69) is 16.0 Å². The number of nitrogens with two attached hydrogens (primary N) is 1. The third kappa shape index (κ3) is 3.67. The predicted molar refractivity (Wildman–Crippen MR) is 140 cm³/mol. The lowest BCUT2D eigenvalue weighted by Crippen LogP contribution is -2.47. The van der Waals surface area contributed by atoms with Gasteiger partial charge in [-0.05, 0) is 61.4 Å². The monoisotopic (exact) mass is 494 g/mol. The van der Waals surface area contributed by atoms with Crippen LogP contribution in [0.25, 0.3) is 40.1 Å². The third-order valence-corrected chi connectivity index (χ3v) is 6.73. The van der Waals surface area contributed by atoms with Gasteiger partial charge in [0, 0.05) is 16.5 Å². The molecule has 3 aromatic heterocycles. The van der Waals surface area contributed by atoms with Gasteiger partial charge in [-0.15, -0.1) is 0 Å². The van der Waals surface area contributed by atoms with Crippen molar-refractivity contribution in [3.05, 3.63) is 93.2 Å². The summed E-state index contributed by atoms with van der Waals surface area (Å²) in [6.45, 7) is 1.93. The molecule has 3 N–H and O–H groups in total. The van der Waals surface area contributed by atoms with Crippen LogP contribution in [0.3, 0.4) is 0 Å². The first-order chi connectivity index (χ1) is 17.9. The highest BCUT2D eigenvalue weighted by atomic mass is 19.1. The number of phenols is 1. The summed E-state index contributed by atoms with van der Waals surface area (Å²) >= 11 is 0. The maximum atomic E-state index is 14.2. The molecule has 3 heterocycles. The molecular formula is C28H23FN6O2. The van der Waals surface area contributed by atoms with Crippen molar-refractivity contribution >= 4 is 29.0 Å². The number of phenolic OH excluding ortho intramolecular Hbond substituents is 1. The van der Waals surface area contributed by atoms with E-state index in [0.717, 1.165) is 23.7 Å². The molecule has 184 valence electrons. The molecule has 0 bridgehead atoms. The van der Waals surface area contributed by atoms with E-state index in [1.165, 1.54) is 18.5 Å². The summed E-state index contributed by atoms with van der Waals surface area (Å²) < 4.78 is 17.6. The lowest BCUT2D eigenvalue weighted by atomic mass is 10.1. The van der Waals surface area contributed by atoms with Crippen LogP contribution < -0.4 is 21.7 Å². The Kier molecular flexibility index (Phi) is 5.33. The Balaban J connectivity index is 1.64. The zero-order chi connectivity index (χ0) is 25.7. The standard InChI is InChI=1S/C28H23FN6O2/c1-16(22-14-17-7-5-6-10-20(17)28(37)34(22)19-8-3-2-4-9-19)35-27-24(26(30)31-15-32-27)25(33-35)18-11-12-23(36)21(29)13-18/h2-4,7-16,36H,5-6H2,1H3,(H2,30,31,32). The summed E-state index contributed by atoms with van der Waals surface area (Å²) in [5.41, 5.74) is 8.83. The Bertz CT molecular complexity index is 1860. The van der Waals surface area contributed by atoms with E-state index in [1.54, 1.807) is 15.3 Å². The van der Waals surface area contributed by atoms with Gasteiger partial charge in [-0.3, -0.25) is 9.36 Å². The highest BCUT2D eigenvalue weighted by Crippen LogP contribution is 2.34. The van der Waals surface area contributed by atoms with Crippen molar-refractivity contribution in [1.29, 1.82) is 0 Å². The maximum absolute atomic E-state index is 14.2. The van der Waals surface area contributed by atoms with Gasteiger partial charge in [-0.25, -0.2) is 19.0 Å². The van der Waals surface area contributed by atoms with Gasteiger partial charge in [-0.1, -0.05) is 30.4 Å². The number of hydrogen-bond acceptors (Lipinski definition) is 6. The Morgan fingerprint density at radius 3 is 2.62 bits per heavy atom. The normalized spacial score (nSPS) is 13.6. The van der Waals surface area contributed by atoms with Crippen LogP contribution in [0, 0.1) is 5.82 Å². The van der Waals surface area contributed by atoms with Crippen molar-refractivity contribution in [1.82, 2.24) is 24.3 Å². The quantitative estimate of drug-likeness (QED) is 0.397. The van der Waals surface area contributed by atoms with Crippen molar-refractivity contribution in [2.75, 3.05) is 5.73 Å². The van der Waals surface area contributed by atoms with Crippen molar-refractivity contribution < 1.29 is 9.50 Å². The van der Waals surface area contributed by atoms with E-state index in [0.29, 0.717) is 33.2 Å². The fraction of sp³-hybridized carbons (Fsp3) is 0.143. The predicted octanol–water partition coefficient (Wildman–Crippen LogP) is 3.04. The Morgan fingerprint density at radius 2 is 1.84 bits per heavy atom. The molecular weight excluding hydrogens is 471 g/mol. The molecule has 9 heteroatoms. The largest absolute Gasteiger partial charge is 0.505 e. The first-order valence-corrected chi connectivity index (χ1v) is 11.9. The fourth-order valence-electron chi connectivity index (χ4n) is 4.90. The van der Waals surface area contributed by atoms with E-state index in [9.17, 15) is 14.3 Å². The van der Waals surface area contributed by atoms with Crippen LogP contribution in [0.1, 0.15) is 31.5 Å². The molecule has 1 aliphatic rings. The SMILES string of the molecule is CC(c1cc2c(c(=O)n1-c1ccccc1)=CCCC=2)n1nc(-c2ccc(O)c(F)c2)c2c(N)ncnc21. The van der Waals surface area contributed by atoms with Gasteiger partial charge in [0.25, 0.3) is 5.56 Å². The molecule has 6 rings (SSSR count). The van der Waals surface area contributed by atoms with Crippen LogP contribution in [0.4, 0.5) is 10.2 Å². The van der Waals surface area contributed by atoms with E-state index in [4.69, 9.17) is 10.8 Å². The molecule has 37 heavy (non-hydrogen) atoms. The molecule has 0 aliphatic heterocycles. The molecule has 8 nitrogen and oxygen atoms in total. The van der Waals surface area contributed by atoms with Gasteiger partial charge >= 0.3 is 0 Å². The maximum Gasteiger partial charge on any atom is 0.262 e. The molecule has 0 fully saturated rings. The fourth-order valence-corrected chi connectivity index (χ4v) is 4.90. The van der Waals surface area contributed by atoms with E-state index in [-0.39, 0.29) is 11.4 Å². The van der Waals surface area contributed by atoms with Crippen LogP contribution in [-0.2, 0) is 0 Å². The van der Waals surface area contributed by atoms with Gasteiger partial charge < -0.3 is 10.8 Å². The highest BCUT2D eigenvalue weighted by Gasteiger charge is 2.24. The van der Waals surface area contributed by atoms with Gasteiger partial charge in [0.15, 0.2) is 17.2 Å². The van der Waals surface area contributed by atoms with Crippen LogP contribution in [0.2, 0.25) is 0 Å². The average molecular weight is 495 g/mol. The number of benzene rings is 2. The lowest BCUT2D eigenvalue weighted by Gasteiger charge is -2.20. The lowest BCUT2D eigenvalue weighted by molar-refractivity contribution is 0.432. The van der Waals surface area contributed by atoms with Gasteiger partial charge in [0.1, 0.15) is 17.8 Å². The number of halogens is 1. The number of aromatic nitrogens is 5. The highest BCUT2D eigenvalue weighted by molar-refractivity contribution is 5.98. The van der Waals surface area contributed by atoms with Crippen molar-refractivity contribution in [3.63, 3.8) is 0 Å². The number of fused-ring (bicyclic) bond motifs is 2. The van der Waals surface area contributed by atoms with E-state index < -0.39 is 17.6 Å². The molecule has 1 unspecified atom stereocenters. The van der Waals surface area contributed by atoms with E-state index in [1.807, 2.05) is 49.4 Å². The summed E-state index contributed by atoms with van der Waals surface area (Å²) in [6, 6.07) is 15.0. The minimum absolute atomic E-state index is 0.104. The van der Waals surface area contributed by atoms with Gasteiger partial charge in [-0.2, -0.15) is 5.10 Å². The summed E-state index contributed by atoms with van der Waals surface area (Å²) in [4.78, 5) is 22.3. The number of rotatable bonds is 4. The first-order valence-electron chi connectivity index (χ1n) is 11.9. The molecule has 1 aliphatic carbocycles.